The van der Waals surface area contributed by atoms with Crippen LogP contribution in [0.25, 0.3) is 0 Å². The smallest absolute Gasteiger partial charge is 0.0539 e. The van der Waals surface area contributed by atoms with Gasteiger partial charge in [-0.25, -0.2) is 0 Å². The normalized spacial score (nSPS) is 11.1. The van der Waals surface area contributed by atoms with Gasteiger partial charge in [-0.2, -0.15) is 5.10 Å². The average molecular weight is 167 g/mol. The quantitative estimate of drug-likeness (QED) is 0.671. The van der Waals surface area contributed by atoms with Crippen LogP contribution in [0.1, 0.15) is 11.3 Å². The predicted octanol–water partition coefficient (Wildman–Crippen LogP) is 1.06. The van der Waals surface area contributed by atoms with Crippen molar-refractivity contribution >= 4 is 0 Å². The highest BCUT2D eigenvalue weighted by molar-refractivity contribution is 5.12. The fourth-order valence-electron chi connectivity index (χ4n) is 1.06. The largest absolute Gasteiger partial charge is 0.308 e. The first-order chi connectivity index (χ1) is 5.61. The van der Waals surface area contributed by atoms with Crippen LogP contribution in [0.4, 0.5) is 0 Å². The van der Waals surface area contributed by atoms with Gasteiger partial charge in [0, 0.05) is 12.2 Å². The van der Waals surface area contributed by atoms with E-state index >= 15 is 0 Å². The minimum Gasteiger partial charge on any atom is -0.308 e. The van der Waals surface area contributed by atoms with Gasteiger partial charge < -0.3 is 4.90 Å². The number of rotatable bonds is 3. The highest BCUT2D eigenvalue weighted by Gasteiger charge is 2.01. The lowest BCUT2D eigenvalue weighted by molar-refractivity contribution is 0.371. The van der Waals surface area contributed by atoms with Crippen LogP contribution in [-0.2, 0) is 6.54 Å². The summed E-state index contributed by atoms with van der Waals surface area (Å²) in [6.07, 6.45) is 1.92. The molecule has 0 aliphatic rings. The zero-order valence-electron chi connectivity index (χ0n) is 8.33. The molecule has 0 atom stereocenters. The van der Waals surface area contributed by atoms with E-state index in [1.165, 1.54) is 11.3 Å². The van der Waals surface area contributed by atoms with Gasteiger partial charge in [0.1, 0.15) is 0 Å². The van der Waals surface area contributed by atoms with Gasteiger partial charge in [-0.05, 0) is 33.5 Å². The molecule has 1 rings (SSSR count). The first-order valence-electron chi connectivity index (χ1n) is 4.25. The summed E-state index contributed by atoms with van der Waals surface area (Å²) in [6.45, 7) is 6.22. The average Bonchev–Trinajstić information content (AvgIpc) is 2.30. The van der Waals surface area contributed by atoms with Gasteiger partial charge in [0.25, 0.3) is 0 Å². The highest BCUT2D eigenvalue weighted by Crippen LogP contribution is 2.03. The molecule has 0 amide bonds. The van der Waals surface area contributed by atoms with Crippen molar-refractivity contribution in [3.63, 3.8) is 0 Å². The van der Waals surface area contributed by atoms with E-state index < -0.39 is 0 Å². The Kier molecular flexibility index (Phi) is 2.87. The Morgan fingerprint density at radius 2 is 2.08 bits per heavy atom. The molecule has 12 heavy (non-hydrogen) atoms. The number of likely N-dealkylation sites (N-methyl/N-ethyl adjacent to an activating group) is 1. The third kappa shape index (κ3) is 2.08. The molecule has 3 heteroatoms. The van der Waals surface area contributed by atoms with Crippen LogP contribution in [0.5, 0.6) is 0 Å². The number of nitrogens with zero attached hydrogens (tertiary/aromatic N) is 3. The second-order valence-corrected chi connectivity index (χ2v) is 3.44. The fourth-order valence-corrected chi connectivity index (χ4v) is 1.06. The van der Waals surface area contributed by atoms with Gasteiger partial charge in [0.2, 0.25) is 0 Å². The van der Waals surface area contributed by atoms with E-state index in [-0.39, 0.29) is 0 Å². The number of hydrogen-bond donors (Lipinski definition) is 0. The Hall–Kier alpha value is -0.830. The molecule has 0 saturated heterocycles. The van der Waals surface area contributed by atoms with Gasteiger partial charge in [0.05, 0.1) is 12.7 Å². The molecule has 68 valence electrons. The second-order valence-electron chi connectivity index (χ2n) is 3.44. The molecule has 0 radical (unpaired) electrons. The Morgan fingerprint density at radius 3 is 2.50 bits per heavy atom. The first kappa shape index (κ1) is 9.26. The third-order valence-corrected chi connectivity index (χ3v) is 2.11. The molecule has 0 saturated carbocycles. The lowest BCUT2D eigenvalue weighted by Crippen LogP contribution is -2.19. The fraction of sp³-hybridized carbons (Fsp3) is 0.667. The Balaban J connectivity index is 2.58. The summed E-state index contributed by atoms with van der Waals surface area (Å²) in [4.78, 5) is 2.16. The molecule has 3 nitrogen and oxygen atoms in total. The molecule has 0 N–H and O–H groups in total. The summed E-state index contributed by atoms with van der Waals surface area (Å²) < 4.78 is 2.05. The SMILES string of the molecule is Cc1cnn(CCN(C)C)c1C. The minimum atomic E-state index is 0.979. The molecule has 0 bridgehead atoms. The van der Waals surface area contributed by atoms with Crippen molar-refractivity contribution in [3.05, 3.63) is 17.5 Å². The van der Waals surface area contributed by atoms with Crippen molar-refractivity contribution in [2.24, 2.45) is 0 Å². The Labute approximate surface area is 74.0 Å². The maximum Gasteiger partial charge on any atom is 0.0539 e. The maximum atomic E-state index is 4.28. The van der Waals surface area contributed by atoms with E-state index in [0.29, 0.717) is 0 Å². The highest BCUT2D eigenvalue weighted by atomic mass is 15.3. The van der Waals surface area contributed by atoms with Crippen LogP contribution in [0.2, 0.25) is 0 Å². The van der Waals surface area contributed by atoms with Crippen molar-refractivity contribution in [3.8, 4) is 0 Å². The molecular formula is C9H17N3. The van der Waals surface area contributed by atoms with E-state index in [2.05, 4.69) is 42.6 Å². The molecule has 0 aliphatic heterocycles. The standard InChI is InChI=1S/C9H17N3/c1-8-7-10-12(9(8)2)6-5-11(3)4/h7H,5-6H2,1-4H3. The zero-order valence-corrected chi connectivity index (χ0v) is 8.33. The summed E-state index contributed by atoms with van der Waals surface area (Å²) in [5.41, 5.74) is 2.55. The zero-order chi connectivity index (χ0) is 9.14. The summed E-state index contributed by atoms with van der Waals surface area (Å²) >= 11 is 0. The van der Waals surface area contributed by atoms with Crippen LogP contribution >= 0.6 is 0 Å². The van der Waals surface area contributed by atoms with Crippen LogP contribution in [-0.4, -0.2) is 35.3 Å². The minimum absolute atomic E-state index is 0.979. The van der Waals surface area contributed by atoms with Crippen molar-refractivity contribution in [2.75, 3.05) is 20.6 Å². The molecule has 1 aromatic rings. The lowest BCUT2D eigenvalue weighted by Gasteiger charge is -2.10. The number of aromatic nitrogens is 2. The maximum absolute atomic E-state index is 4.28. The summed E-state index contributed by atoms with van der Waals surface area (Å²) in [6, 6.07) is 0. The molecule has 0 aliphatic carbocycles. The summed E-state index contributed by atoms with van der Waals surface area (Å²) in [5, 5.41) is 4.28. The number of hydrogen-bond acceptors (Lipinski definition) is 2. The number of aryl methyl sites for hydroxylation is 1. The van der Waals surface area contributed by atoms with Gasteiger partial charge in [-0.15, -0.1) is 0 Å². The van der Waals surface area contributed by atoms with Crippen LogP contribution in [0.15, 0.2) is 6.20 Å². The lowest BCUT2D eigenvalue weighted by atomic mass is 10.3. The predicted molar refractivity (Wildman–Crippen MR) is 50.3 cm³/mol. The topological polar surface area (TPSA) is 21.1 Å². The van der Waals surface area contributed by atoms with Gasteiger partial charge in [-0.3, -0.25) is 4.68 Å². The Bertz CT molecular complexity index is 250. The van der Waals surface area contributed by atoms with E-state index in [9.17, 15) is 0 Å². The van der Waals surface area contributed by atoms with Crippen LogP contribution in [0, 0.1) is 13.8 Å². The molecule has 0 fully saturated rings. The Morgan fingerprint density at radius 1 is 1.42 bits per heavy atom. The molecule has 1 heterocycles. The van der Waals surface area contributed by atoms with E-state index in [1.54, 1.807) is 0 Å². The van der Waals surface area contributed by atoms with Crippen LogP contribution in [0.3, 0.4) is 0 Å². The third-order valence-electron chi connectivity index (χ3n) is 2.11. The van der Waals surface area contributed by atoms with Crippen molar-refractivity contribution in [1.29, 1.82) is 0 Å². The molecule has 0 spiro atoms. The van der Waals surface area contributed by atoms with E-state index in [4.69, 9.17) is 0 Å². The van der Waals surface area contributed by atoms with Gasteiger partial charge in [-0.1, -0.05) is 0 Å². The monoisotopic (exact) mass is 167 g/mol. The molecule has 0 aromatic carbocycles. The molecule has 1 aromatic heterocycles. The van der Waals surface area contributed by atoms with E-state index in [0.717, 1.165) is 13.1 Å². The molecular weight excluding hydrogens is 150 g/mol. The second kappa shape index (κ2) is 3.72. The summed E-state index contributed by atoms with van der Waals surface area (Å²) in [5.74, 6) is 0. The molecule has 0 unspecified atom stereocenters. The van der Waals surface area contributed by atoms with Crippen LogP contribution < -0.4 is 0 Å². The van der Waals surface area contributed by atoms with Crippen molar-refractivity contribution in [1.82, 2.24) is 14.7 Å². The van der Waals surface area contributed by atoms with Crippen molar-refractivity contribution in [2.45, 2.75) is 20.4 Å². The van der Waals surface area contributed by atoms with E-state index in [1.807, 2.05) is 6.20 Å². The van der Waals surface area contributed by atoms with Gasteiger partial charge in [0.15, 0.2) is 0 Å². The van der Waals surface area contributed by atoms with Crippen molar-refractivity contribution < 1.29 is 0 Å². The van der Waals surface area contributed by atoms with Gasteiger partial charge >= 0.3 is 0 Å². The first-order valence-corrected chi connectivity index (χ1v) is 4.25. The summed E-state index contributed by atoms with van der Waals surface area (Å²) in [7, 11) is 4.15.